The van der Waals surface area contributed by atoms with Crippen LogP contribution in [0.5, 0.6) is 0 Å². The van der Waals surface area contributed by atoms with Gasteiger partial charge in [0.05, 0.1) is 44.8 Å². The van der Waals surface area contributed by atoms with Crippen LogP contribution >= 0.6 is 0 Å². The fourth-order valence-electron chi connectivity index (χ4n) is 7.08. The summed E-state index contributed by atoms with van der Waals surface area (Å²) in [6, 6.07) is 59.1. The first-order valence-corrected chi connectivity index (χ1v) is 16.8. The maximum absolute atomic E-state index is 5.44. The molecule has 0 saturated carbocycles. The van der Waals surface area contributed by atoms with E-state index < -0.39 is 0 Å². The SMILES string of the molecule is c1ccc(-c2cc(-c3ccc4ccccc4n3)c3ccc4c(-c5ccc6ccccc6n5)cc(-c5ccc6ccccc6c5)nc4c3n2)cc1. The van der Waals surface area contributed by atoms with Crippen LogP contribution in [0.1, 0.15) is 0 Å². The van der Waals surface area contributed by atoms with E-state index in [9.17, 15) is 0 Å². The van der Waals surface area contributed by atoms with Crippen LogP contribution in [-0.4, -0.2) is 19.9 Å². The number of nitrogens with zero attached hydrogens (tertiary/aromatic N) is 4. The van der Waals surface area contributed by atoms with Crippen LogP contribution in [0.25, 0.3) is 99.4 Å². The minimum atomic E-state index is 0.831. The Hall–Kier alpha value is -6.78. The molecule has 0 aliphatic rings. The van der Waals surface area contributed by atoms with Gasteiger partial charge in [-0.05, 0) is 53.2 Å². The highest BCUT2D eigenvalue weighted by molar-refractivity contribution is 6.13. The van der Waals surface area contributed by atoms with Crippen molar-refractivity contribution in [1.82, 2.24) is 19.9 Å². The average Bonchev–Trinajstić information content (AvgIpc) is 3.19. The second-order valence-corrected chi connectivity index (χ2v) is 12.7. The van der Waals surface area contributed by atoms with Crippen molar-refractivity contribution < 1.29 is 0 Å². The summed E-state index contributed by atoms with van der Waals surface area (Å²) in [6.07, 6.45) is 0. The molecule has 4 nitrogen and oxygen atoms in total. The fraction of sp³-hybridized carbons (Fsp3) is 0. The summed E-state index contributed by atoms with van der Waals surface area (Å²) in [7, 11) is 0. The topological polar surface area (TPSA) is 51.6 Å². The Kier molecular flexibility index (Phi) is 6.46. The van der Waals surface area contributed by atoms with Crippen LogP contribution in [0.15, 0.2) is 170 Å². The Morgan fingerprint density at radius 3 is 1.36 bits per heavy atom. The first-order chi connectivity index (χ1) is 24.7. The molecule has 6 aromatic carbocycles. The zero-order chi connectivity index (χ0) is 33.0. The first kappa shape index (κ1) is 28.3. The highest BCUT2D eigenvalue weighted by atomic mass is 14.8. The second kappa shape index (κ2) is 11.4. The molecule has 0 spiro atoms. The lowest BCUT2D eigenvalue weighted by atomic mass is 9.95. The van der Waals surface area contributed by atoms with Crippen LogP contribution in [0.4, 0.5) is 0 Å². The van der Waals surface area contributed by atoms with Crippen molar-refractivity contribution in [3.63, 3.8) is 0 Å². The lowest BCUT2D eigenvalue weighted by Crippen LogP contribution is -1.97. The van der Waals surface area contributed by atoms with E-state index in [-0.39, 0.29) is 0 Å². The van der Waals surface area contributed by atoms with Crippen LogP contribution in [0.3, 0.4) is 0 Å². The third-order valence-electron chi connectivity index (χ3n) is 9.62. The Bertz CT molecular complexity index is 2930. The van der Waals surface area contributed by atoms with Gasteiger partial charge in [0.15, 0.2) is 0 Å². The van der Waals surface area contributed by atoms with Gasteiger partial charge < -0.3 is 0 Å². The van der Waals surface area contributed by atoms with Gasteiger partial charge in [0.1, 0.15) is 0 Å². The van der Waals surface area contributed by atoms with Crippen LogP contribution < -0.4 is 0 Å². The van der Waals surface area contributed by atoms with Crippen molar-refractivity contribution in [2.45, 2.75) is 0 Å². The third-order valence-corrected chi connectivity index (χ3v) is 9.62. The molecule has 4 aromatic heterocycles. The molecule has 0 fully saturated rings. The zero-order valence-corrected chi connectivity index (χ0v) is 27.0. The predicted molar refractivity (Wildman–Crippen MR) is 207 cm³/mol. The van der Waals surface area contributed by atoms with E-state index >= 15 is 0 Å². The Balaban J connectivity index is 1.31. The molecule has 0 N–H and O–H groups in total. The molecule has 0 aliphatic carbocycles. The molecule has 0 unspecified atom stereocenters. The molecule has 0 saturated heterocycles. The summed E-state index contributed by atoms with van der Waals surface area (Å²) in [4.78, 5) is 21.1. The van der Waals surface area contributed by atoms with Crippen molar-refractivity contribution in [2.75, 3.05) is 0 Å². The number of para-hydroxylation sites is 2. The van der Waals surface area contributed by atoms with E-state index in [0.29, 0.717) is 0 Å². The van der Waals surface area contributed by atoms with Gasteiger partial charge in [0.25, 0.3) is 0 Å². The molecule has 10 aromatic rings. The van der Waals surface area contributed by atoms with Crippen LogP contribution in [0.2, 0.25) is 0 Å². The van der Waals surface area contributed by atoms with Crippen LogP contribution in [0, 0.1) is 0 Å². The molecular formula is C46H28N4. The molecule has 4 heteroatoms. The molecule has 10 rings (SSSR count). The number of pyridine rings is 4. The number of fused-ring (bicyclic) bond motifs is 6. The predicted octanol–water partition coefficient (Wildman–Crippen LogP) is 11.7. The zero-order valence-electron chi connectivity index (χ0n) is 27.0. The van der Waals surface area contributed by atoms with Gasteiger partial charge >= 0.3 is 0 Å². The number of benzene rings is 6. The lowest BCUT2D eigenvalue weighted by molar-refractivity contribution is 1.34. The van der Waals surface area contributed by atoms with Crippen LogP contribution in [-0.2, 0) is 0 Å². The molecule has 4 heterocycles. The van der Waals surface area contributed by atoms with Gasteiger partial charge in [-0.15, -0.1) is 0 Å². The minimum Gasteiger partial charge on any atom is -0.248 e. The molecule has 0 aliphatic heterocycles. The Labute approximate surface area is 288 Å². The van der Waals surface area contributed by atoms with E-state index in [4.69, 9.17) is 19.9 Å². The quantitative estimate of drug-likeness (QED) is 0.180. The lowest BCUT2D eigenvalue weighted by Gasteiger charge is -2.15. The van der Waals surface area contributed by atoms with Gasteiger partial charge in [0.2, 0.25) is 0 Å². The standard InChI is InChI=1S/C46H28N4/c1-2-11-30(12-3-1)43-27-37(41-24-20-31-13-6-8-16-39(31)47-41)35-22-23-36-38(42-25-21-32-14-7-9-17-40(32)48-42)28-44(50-46(36)45(35)49-43)34-19-18-29-10-4-5-15-33(29)26-34/h1-28H. The van der Waals surface area contributed by atoms with Gasteiger partial charge in [-0.1, -0.05) is 127 Å². The van der Waals surface area contributed by atoms with Crippen molar-refractivity contribution in [1.29, 1.82) is 0 Å². The molecule has 0 amide bonds. The average molecular weight is 637 g/mol. The summed E-state index contributed by atoms with van der Waals surface area (Å²) in [5.74, 6) is 0. The van der Waals surface area contributed by atoms with Crippen molar-refractivity contribution in [3.8, 4) is 45.0 Å². The summed E-state index contributed by atoms with van der Waals surface area (Å²) >= 11 is 0. The molecule has 232 valence electrons. The molecule has 0 bridgehead atoms. The fourth-order valence-corrected chi connectivity index (χ4v) is 7.08. The maximum Gasteiger partial charge on any atom is 0.0979 e. The monoisotopic (exact) mass is 636 g/mol. The summed E-state index contributed by atoms with van der Waals surface area (Å²) in [6.45, 7) is 0. The number of aromatic nitrogens is 4. The van der Waals surface area contributed by atoms with E-state index in [1.807, 2.05) is 30.3 Å². The highest BCUT2D eigenvalue weighted by Crippen LogP contribution is 2.39. The van der Waals surface area contributed by atoms with E-state index in [1.165, 1.54) is 10.8 Å². The van der Waals surface area contributed by atoms with Gasteiger partial charge in [-0.25, -0.2) is 19.9 Å². The van der Waals surface area contributed by atoms with E-state index in [0.717, 1.165) is 88.6 Å². The summed E-state index contributed by atoms with van der Waals surface area (Å²) < 4.78 is 0. The molecule has 50 heavy (non-hydrogen) atoms. The van der Waals surface area contributed by atoms with Crippen molar-refractivity contribution in [2.24, 2.45) is 0 Å². The molecular weight excluding hydrogens is 609 g/mol. The summed E-state index contributed by atoms with van der Waals surface area (Å²) in [5.41, 5.74) is 11.2. The Morgan fingerprint density at radius 1 is 0.280 bits per heavy atom. The van der Waals surface area contributed by atoms with Gasteiger partial charge in [-0.3, -0.25) is 0 Å². The van der Waals surface area contributed by atoms with E-state index in [2.05, 4.69) is 140 Å². The third kappa shape index (κ3) is 4.77. The minimum absolute atomic E-state index is 0.831. The maximum atomic E-state index is 5.44. The number of hydrogen-bond donors (Lipinski definition) is 0. The number of hydrogen-bond acceptors (Lipinski definition) is 4. The Morgan fingerprint density at radius 2 is 0.760 bits per heavy atom. The van der Waals surface area contributed by atoms with Crippen molar-refractivity contribution in [3.05, 3.63) is 170 Å². The highest BCUT2D eigenvalue weighted by Gasteiger charge is 2.18. The number of rotatable bonds is 4. The first-order valence-electron chi connectivity index (χ1n) is 16.8. The molecule has 0 atom stereocenters. The largest absolute Gasteiger partial charge is 0.248 e. The van der Waals surface area contributed by atoms with E-state index in [1.54, 1.807) is 0 Å². The second-order valence-electron chi connectivity index (χ2n) is 12.7. The normalized spacial score (nSPS) is 11.6. The smallest absolute Gasteiger partial charge is 0.0979 e. The van der Waals surface area contributed by atoms with Gasteiger partial charge in [0, 0.05) is 43.8 Å². The van der Waals surface area contributed by atoms with Crippen molar-refractivity contribution >= 4 is 54.4 Å². The molecule has 0 radical (unpaired) electrons. The van der Waals surface area contributed by atoms with Gasteiger partial charge in [-0.2, -0.15) is 0 Å². The summed E-state index contributed by atoms with van der Waals surface area (Å²) in [5, 5.41) is 6.58.